The van der Waals surface area contributed by atoms with Crippen LogP contribution >= 0.6 is 11.8 Å². The highest BCUT2D eigenvalue weighted by molar-refractivity contribution is 7.99. The van der Waals surface area contributed by atoms with Crippen LogP contribution < -0.4 is 11.0 Å². The normalized spacial score (nSPS) is 12.6. The second-order valence-corrected chi connectivity index (χ2v) is 5.61. The first-order chi connectivity index (χ1) is 9.61. The van der Waals surface area contributed by atoms with E-state index in [0.717, 1.165) is 23.6 Å². The largest absolute Gasteiger partial charge is 0.343 e. The molecule has 7 heteroatoms. The van der Waals surface area contributed by atoms with E-state index in [1.807, 2.05) is 18.3 Å². The average molecular weight is 293 g/mol. The molecule has 2 aromatic rings. The zero-order valence-corrected chi connectivity index (χ0v) is 12.7. The fraction of sp³-hybridized carbons (Fsp3) is 0.462. The molecule has 2 rings (SSSR count). The van der Waals surface area contributed by atoms with Crippen LogP contribution in [0.2, 0.25) is 0 Å². The summed E-state index contributed by atoms with van der Waals surface area (Å²) < 4.78 is 1.48. The van der Waals surface area contributed by atoms with Crippen molar-refractivity contribution in [3.05, 3.63) is 34.5 Å². The molecule has 0 aliphatic heterocycles. The molecule has 2 aromatic heterocycles. The molecule has 1 atom stereocenters. The number of nitrogens with zero attached hydrogens (tertiary/aromatic N) is 3. The molecular weight excluding hydrogens is 274 g/mol. The van der Waals surface area contributed by atoms with Crippen molar-refractivity contribution in [3.8, 4) is 0 Å². The maximum atomic E-state index is 11.3. The van der Waals surface area contributed by atoms with Crippen molar-refractivity contribution >= 4 is 11.8 Å². The Kier molecular flexibility index (Phi) is 4.97. The van der Waals surface area contributed by atoms with Gasteiger partial charge in [-0.15, -0.1) is 5.10 Å². The fourth-order valence-electron chi connectivity index (χ4n) is 1.70. The number of nitrogens with one attached hydrogen (secondary N) is 2. The summed E-state index contributed by atoms with van der Waals surface area (Å²) in [5, 5.41) is 10.4. The highest BCUT2D eigenvalue weighted by Gasteiger charge is 2.09. The lowest BCUT2D eigenvalue weighted by atomic mass is 10.2. The van der Waals surface area contributed by atoms with Gasteiger partial charge in [0.25, 0.3) is 0 Å². The molecule has 20 heavy (non-hydrogen) atoms. The molecule has 0 saturated carbocycles. The van der Waals surface area contributed by atoms with Crippen LogP contribution in [0.3, 0.4) is 0 Å². The Balaban J connectivity index is 2.05. The summed E-state index contributed by atoms with van der Waals surface area (Å²) in [6.07, 6.45) is 2.91. The van der Waals surface area contributed by atoms with E-state index >= 15 is 0 Å². The lowest BCUT2D eigenvalue weighted by Crippen LogP contribution is -2.20. The highest BCUT2D eigenvalue weighted by Crippen LogP contribution is 2.24. The van der Waals surface area contributed by atoms with E-state index in [9.17, 15) is 4.79 Å². The number of pyridine rings is 1. The number of H-pyrrole nitrogens is 1. The van der Waals surface area contributed by atoms with Gasteiger partial charge in [0.1, 0.15) is 0 Å². The molecule has 0 amide bonds. The lowest BCUT2D eigenvalue weighted by molar-refractivity contribution is 0.558. The summed E-state index contributed by atoms with van der Waals surface area (Å²) in [5.41, 5.74) is 0.799. The van der Waals surface area contributed by atoms with E-state index in [1.54, 1.807) is 7.05 Å². The Morgan fingerprint density at radius 1 is 1.50 bits per heavy atom. The number of hydrogen-bond acceptors (Lipinski definition) is 5. The van der Waals surface area contributed by atoms with Crippen LogP contribution in [0.4, 0.5) is 0 Å². The van der Waals surface area contributed by atoms with Crippen molar-refractivity contribution in [1.29, 1.82) is 0 Å². The van der Waals surface area contributed by atoms with Crippen LogP contribution in [0.15, 0.2) is 33.2 Å². The highest BCUT2D eigenvalue weighted by atomic mass is 32.2. The first-order valence-corrected chi connectivity index (χ1v) is 7.42. The summed E-state index contributed by atoms with van der Waals surface area (Å²) in [7, 11) is 1.69. The third kappa shape index (κ3) is 3.49. The first kappa shape index (κ1) is 14.8. The second-order valence-electron chi connectivity index (χ2n) is 4.57. The molecule has 2 heterocycles. The molecule has 0 fully saturated rings. The zero-order valence-electron chi connectivity index (χ0n) is 11.9. The van der Waals surface area contributed by atoms with Gasteiger partial charge in [0, 0.05) is 24.2 Å². The van der Waals surface area contributed by atoms with Crippen molar-refractivity contribution in [3.63, 3.8) is 0 Å². The standard InChI is InChI=1S/C13H19N5OS/c1-4-7-14-9(2)11-6-5-10(8-15-11)20-13-17-16-12(19)18(13)3/h5-6,8-9,14H,4,7H2,1-3H3,(H,16,19). The maximum absolute atomic E-state index is 11.3. The molecule has 0 bridgehead atoms. The minimum Gasteiger partial charge on any atom is -0.309 e. The van der Waals surface area contributed by atoms with E-state index in [-0.39, 0.29) is 11.7 Å². The smallest absolute Gasteiger partial charge is 0.309 e. The molecule has 6 nitrogen and oxygen atoms in total. The van der Waals surface area contributed by atoms with Crippen LogP contribution in [-0.2, 0) is 7.05 Å². The van der Waals surface area contributed by atoms with E-state index < -0.39 is 0 Å². The van der Waals surface area contributed by atoms with Crippen molar-refractivity contribution in [1.82, 2.24) is 25.1 Å². The average Bonchev–Trinajstić information content (AvgIpc) is 2.77. The van der Waals surface area contributed by atoms with Gasteiger partial charge in [-0.3, -0.25) is 9.55 Å². The van der Waals surface area contributed by atoms with Gasteiger partial charge in [-0.2, -0.15) is 0 Å². The maximum Gasteiger partial charge on any atom is 0.343 e. The Hall–Kier alpha value is -1.60. The molecule has 0 aliphatic carbocycles. The minimum atomic E-state index is -0.213. The van der Waals surface area contributed by atoms with Gasteiger partial charge < -0.3 is 5.32 Å². The van der Waals surface area contributed by atoms with E-state index in [0.29, 0.717) is 5.16 Å². The summed E-state index contributed by atoms with van der Waals surface area (Å²) in [6.45, 7) is 5.22. The van der Waals surface area contributed by atoms with Gasteiger partial charge in [-0.25, -0.2) is 9.89 Å². The lowest BCUT2D eigenvalue weighted by Gasteiger charge is -2.12. The van der Waals surface area contributed by atoms with E-state index in [1.165, 1.54) is 16.3 Å². The number of rotatable bonds is 6. The van der Waals surface area contributed by atoms with Gasteiger partial charge in [0.2, 0.25) is 0 Å². The molecule has 1 unspecified atom stereocenters. The van der Waals surface area contributed by atoms with Crippen LogP contribution in [0.25, 0.3) is 0 Å². The second kappa shape index (κ2) is 6.71. The quantitative estimate of drug-likeness (QED) is 0.848. The molecule has 0 aromatic carbocycles. The third-order valence-corrected chi connectivity index (χ3v) is 3.98. The Morgan fingerprint density at radius 2 is 2.30 bits per heavy atom. The number of aromatic nitrogens is 4. The Morgan fingerprint density at radius 3 is 2.85 bits per heavy atom. The van der Waals surface area contributed by atoms with E-state index in [2.05, 4.69) is 34.3 Å². The van der Waals surface area contributed by atoms with Gasteiger partial charge in [0.15, 0.2) is 5.16 Å². The third-order valence-electron chi connectivity index (χ3n) is 2.95. The Labute approximate surface area is 122 Å². The monoisotopic (exact) mass is 293 g/mol. The van der Waals surface area contributed by atoms with Crippen LogP contribution in [-0.4, -0.2) is 26.3 Å². The molecule has 108 valence electrons. The van der Waals surface area contributed by atoms with Gasteiger partial charge in [-0.1, -0.05) is 6.92 Å². The van der Waals surface area contributed by atoms with Crippen LogP contribution in [0.5, 0.6) is 0 Å². The summed E-state index contributed by atoms with van der Waals surface area (Å²) >= 11 is 1.41. The molecule has 0 aliphatic rings. The summed E-state index contributed by atoms with van der Waals surface area (Å²) in [5.74, 6) is 0. The molecule has 2 N–H and O–H groups in total. The summed E-state index contributed by atoms with van der Waals surface area (Å²) in [6, 6.07) is 4.24. The zero-order chi connectivity index (χ0) is 14.5. The fourth-order valence-corrected chi connectivity index (χ4v) is 2.47. The van der Waals surface area contributed by atoms with Crippen molar-refractivity contribution in [2.24, 2.45) is 7.05 Å². The minimum absolute atomic E-state index is 0.213. The topological polar surface area (TPSA) is 75.6 Å². The number of hydrogen-bond donors (Lipinski definition) is 2. The SMILES string of the molecule is CCCNC(C)c1ccc(Sc2n[nH]c(=O)n2C)cn1. The number of aromatic amines is 1. The first-order valence-electron chi connectivity index (χ1n) is 6.60. The summed E-state index contributed by atoms with van der Waals surface area (Å²) in [4.78, 5) is 16.7. The van der Waals surface area contributed by atoms with Crippen LogP contribution in [0.1, 0.15) is 32.0 Å². The van der Waals surface area contributed by atoms with Gasteiger partial charge >= 0.3 is 5.69 Å². The van der Waals surface area contributed by atoms with Crippen molar-refractivity contribution < 1.29 is 0 Å². The van der Waals surface area contributed by atoms with E-state index in [4.69, 9.17) is 0 Å². The molecule has 0 spiro atoms. The molecule has 0 saturated heterocycles. The van der Waals surface area contributed by atoms with Crippen LogP contribution in [0, 0.1) is 0 Å². The predicted molar refractivity (Wildman–Crippen MR) is 78.9 cm³/mol. The van der Waals surface area contributed by atoms with Gasteiger partial charge in [-0.05, 0) is 43.8 Å². The Bertz CT molecular complexity index is 604. The van der Waals surface area contributed by atoms with Crippen molar-refractivity contribution in [2.75, 3.05) is 6.54 Å². The van der Waals surface area contributed by atoms with Crippen molar-refractivity contribution in [2.45, 2.75) is 36.4 Å². The molecular formula is C13H19N5OS. The predicted octanol–water partition coefficient (Wildman–Crippen LogP) is 1.72. The van der Waals surface area contributed by atoms with Gasteiger partial charge in [0.05, 0.1) is 5.69 Å². The molecule has 0 radical (unpaired) electrons.